The Balaban J connectivity index is 0.00000264. The molecule has 126 valence electrons. The summed E-state index contributed by atoms with van der Waals surface area (Å²) in [5.74, 6) is 0. The molecule has 1 unspecified atom stereocenters. The summed E-state index contributed by atoms with van der Waals surface area (Å²) >= 11 is 0. The number of hydrogen-bond acceptors (Lipinski definition) is 1. The van der Waals surface area contributed by atoms with Gasteiger partial charge in [-0.3, -0.25) is 0 Å². The van der Waals surface area contributed by atoms with Crippen LogP contribution in [0.2, 0.25) is 0 Å². The molecular formula is C15H12ClF6N. The van der Waals surface area contributed by atoms with E-state index in [9.17, 15) is 26.3 Å². The third kappa shape index (κ3) is 4.62. The van der Waals surface area contributed by atoms with Gasteiger partial charge in [0.2, 0.25) is 0 Å². The highest BCUT2D eigenvalue weighted by Gasteiger charge is 2.31. The molecule has 2 aromatic carbocycles. The van der Waals surface area contributed by atoms with Gasteiger partial charge >= 0.3 is 12.4 Å². The maximum absolute atomic E-state index is 12.7. The summed E-state index contributed by atoms with van der Waals surface area (Å²) in [6.45, 7) is 0. The minimum absolute atomic E-state index is 0. The number of alkyl halides is 6. The van der Waals surface area contributed by atoms with E-state index < -0.39 is 29.5 Å². The number of nitrogens with two attached hydrogens (primary N) is 1. The maximum atomic E-state index is 12.7. The minimum Gasteiger partial charge on any atom is -0.320 e. The Morgan fingerprint density at radius 2 is 1.22 bits per heavy atom. The molecule has 0 aromatic heterocycles. The van der Waals surface area contributed by atoms with Crippen molar-refractivity contribution in [3.63, 3.8) is 0 Å². The first-order chi connectivity index (χ1) is 10.1. The quantitative estimate of drug-likeness (QED) is 0.737. The number of hydrogen-bond donors (Lipinski definition) is 1. The molecule has 23 heavy (non-hydrogen) atoms. The van der Waals surface area contributed by atoms with Gasteiger partial charge in [0.15, 0.2) is 0 Å². The van der Waals surface area contributed by atoms with Crippen LogP contribution in [0.1, 0.15) is 28.3 Å². The van der Waals surface area contributed by atoms with Crippen LogP contribution in [0.5, 0.6) is 0 Å². The summed E-state index contributed by atoms with van der Waals surface area (Å²) in [5.41, 5.74) is 4.62. The lowest BCUT2D eigenvalue weighted by Gasteiger charge is -2.16. The first-order valence-corrected chi connectivity index (χ1v) is 6.19. The summed E-state index contributed by atoms with van der Waals surface area (Å²) < 4.78 is 75.4. The van der Waals surface area contributed by atoms with Crippen molar-refractivity contribution in [1.82, 2.24) is 0 Å². The highest BCUT2D eigenvalue weighted by molar-refractivity contribution is 5.85. The molecule has 0 bridgehead atoms. The van der Waals surface area contributed by atoms with Gasteiger partial charge in [0.25, 0.3) is 0 Å². The molecule has 0 aliphatic heterocycles. The number of benzene rings is 2. The SMILES string of the molecule is Cl.NC(c1ccc(C(F)(F)F)cc1)c1cccc(C(F)(F)F)c1. The summed E-state index contributed by atoms with van der Waals surface area (Å²) in [6.07, 6.45) is -8.98. The van der Waals surface area contributed by atoms with Crippen molar-refractivity contribution >= 4 is 12.4 Å². The zero-order chi connectivity index (χ0) is 16.5. The van der Waals surface area contributed by atoms with E-state index in [1.54, 1.807) is 0 Å². The third-order valence-corrected chi connectivity index (χ3v) is 3.17. The summed E-state index contributed by atoms with van der Waals surface area (Å²) in [4.78, 5) is 0. The van der Waals surface area contributed by atoms with Gasteiger partial charge in [-0.15, -0.1) is 12.4 Å². The molecule has 0 saturated heterocycles. The zero-order valence-corrected chi connectivity index (χ0v) is 12.3. The Morgan fingerprint density at radius 1 is 0.696 bits per heavy atom. The van der Waals surface area contributed by atoms with E-state index in [-0.39, 0.29) is 18.0 Å². The maximum Gasteiger partial charge on any atom is 0.416 e. The average molecular weight is 356 g/mol. The lowest BCUT2D eigenvalue weighted by Crippen LogP contribution is -2.14. The highest BCUT2D eigenvalue weighted by atomic mass is 35.5. The lowest BCUT2D eigenvalue weighted by molar-refractivity contribution is -0.138. The Labute approximate surface area is 134 Å². The van der Waals surface area contributed by atoms with E-state index in [0.29, 0.717) is 5.56 Å². The molecular weight excluding hydrogens is 344 g/mol. The van der Waals surface area contributed by atoms with Crippen LogP contribution in [0.15, 0.2) is 48.5 Å². The fourth-order valence-electron chi connectivity index (χ4n) is 1.98. The second-order valence-electron chi connectivity index (χ2n) is 4.72. The van der Waals surface area contributed by atoms with Crippen molar-refractivity contribution in [2.24, 2.45) is 5.73 Å². The normalized spacial score (nSPS) is 13.3. The Morgan fingerprint density at radius 3 is 1.70 bits per heavy atom. The smallest absolute Gasteiger partial charge is 0.320 e. The van der Waals surface area contributed by atoms with Gasteiger partial charge in [-0.1, -0.05) is 24.3 Å². The van der Waals surface area contributed by atoms with Crippen molar-refractivity contribution in [3.05, 3.63) is 70.8 Å². The molecule has 1 nitrogen and oxygen atoms in total. The van der Waals surface area contributed by atoms with E-state index >= 15 is 0 Å². The van der Waals surface area contributed by atoms with E-state index in [1.807, 2.05) is 0 Å². The molecule has 8 heteroatoms. The first kappa shape index (κ1) is 19.3. The van der Waals surface area contributed by atoms with Crippen molar-refractivity contribution in [2.45, 2.75) is 18.4 Å². The molecule has 0 saturated carbocycles. The van der Waals surface area contributed by atoms with E-state index in [0.717, 1.165) is 36.4 Å². The van der Waals surface area contributed by atoms with E-state index in [4.69, 9.17) is 5.73 Å². The standard InChI is InChI=1S/C15H11F6N.ClH/c16-14(17,18)11-6-4-9(5-7-11)13(22)10-2-1-3-12(8-10)15(19,20)21;/h1-8,13H,22H2;1H. The topological polar surface area (TPSA) is 26.0 Å². The summed E-state index contributed by atoms with van der Waals surface area (Å²) in [7, 11) is 0. The van der Waals surface area contributed by atoms with Crippen LogP contribution < -0.4 is 5.73 Å². The van der Waals surface area contributed by atoms with Crippen molar-refractivity contribution in [3.8, 4) is 0 Å². The molecule has 2 N–H and O–H groups in total. The predicted octanol–water partition coefficient (Wildman–Crippen LogP) is 5.19. The Hall–Kier alpha value is -1.73. The van der Waals surface area contributed by atoms with Crippen LogP contribution in [-0.4, -0.2) is 0 Å². The van der Waals surface area contributed by atoms with Crippen LogP contribution in [0.3, 0.4) is 0 Å². The number of halogens is 7. The van der Waals surface area contributed by atoms with Gasteiger partial charge in [-0.2, -0.15) is 26.3 Å². The molecule has 0 heterocycles. The number of rotatable bonds is 2. The van der Waals surface area contributed by atoms with Crippen LogP contribution in [0, 0.1) is 0 Å². The molecule has 2 rings (SSSR count). The fourth-order valence-corrected chi connectivity index (χ4v) is 1.98. The van der Waals surface area contributed by atoms with Gasteiger partial charge in [0.1, 0.15) is 0 Å². The largest absolute Gasteiger partial charge is 0.416 e. The second kappa shape index (κ2) is 6.80. The van der Waals surface area contributed by atoms with Crippen molar-refractivity contribution < 1.29 is 26.3 Å². The second-order valence-corrected chi connectivity index (χ2v) is 4.72. The van der Waals surface area contributed by atoms with E-state index in [2.05, 4.69) is 0 Å². The molecule has 0 aliphatic carbocycles. The molecule has 0 amide bonds. The van der Waals surface area contributed by atoms with Gasteiger partial charge in [0, 0.05) is 0 Å². The monoisotopic (exact) mass is 355 g/mol. The van der Waals surface area contributed by atoms with E-state index in [1.165, 1.54) is 12.1 Å². The molecule has 1 atom stereocenters. The zero-order valence-electron chi connectivity index (χ0n) is 11.4. The molecule has 0 fully saturated rings. The van der Waals surface area contributed by atoms with Gasteiger partial charge in [-0.25, -0.2) is 0 Å². The lowest BCUT2D eigenvalue weighted by atomic mass is 9.97. The van der Waals surface area contributed by atoms with Crippen LogP contribution in [0.4, 0.5) is 26.3 Å². The Kier molecular flexibility index (Phi) is 5.71. The fraction of sp³-hybridized carbons (Fsp3) is 0.200. The Bertz CT molecular complexity index is 648. The first-order valence-electron chi connectivity index (χ1n) is 6.19. The van der Waals surface area contributed by atoms with Crippen LogP contribution >= 0.6 is 12.4 Å². The van der Waals surface area contributed by atoms with Crippen molar-refractivity contribution in [2.75, 3.05) is 0 Å². The third-order valence-electron chi connectivity index (χ3n) is 3.17. The molecule has 2 aromatic rings. The van der Waals surface area contributed by atoms with Crippen LogP contribution in [0.25, 0.3) is 0 Å². The van der Waals surface area contributed by atoms with Gasteiger partial charge in [0.05, 0.1) is 17.2 Å². The van der Waals surface area contributed by atoms with Crippen molar-refractivity contribution in [1.29, 1.82) is 0 Å². The average Bonchev–Trinajstić information content (AvgIpc) is 2.45. The summed E-state index contributed by atoms with van der Waals surface area (Å²) in [5, 5.41) is 0. The minimum atomic E-state index is -4.50. The highest BCUT2D eigenvalue weighted by Crippen LogP contribution is 2.33. The molecule has 0 aliphatic rings. The predicted molar refractivity (Wildman–Crippen MR) is 76.2 cm³/mol. The summed E-state index contributed by atoms with van der Waals surface area (Å²) in [6, 6.07) is 7.49. The van der Waals surface area contributed by atoms with Crippen LogP contribution in [-0.2, 0) is 12.4 Å². The molecule has 0 spiro atoms. The van der Waals surface area contributed by atoms with Gasteiger partial charge in [-0.05, 0) is 35.4 Å². The molecule has 0 radical (unpaired) electrons. The van der Waals surface area contributed by atoms with Gasteiger partial charge < -0.3 is 5.73 Å².